The lowest BCUT2D eigenvalue weighted by atomic mass is 10.1. The minimum Gasteiger partial charge on any atom is -0.508 e. The number of benzene rings is 2. The summed E-state index contributed by atoms with van der Waals surface area (Å²) >= 11 is 0. The molecule has 0 aliphatic carbocycles. The fourth-order valence-electron chi connectivity index (χ4n) is 2.06. The summed E-state index contributed by atoms with van der Waals surface area (Å²) in [7, 11) is 1.75. The Morgan fingerprint density at radius 3 is 2.45 bits per heavy atom. The Bertz CT molecular complexity index is 621. The average molecular weight is 270 g/mol. The SMILES string of the molecule is Cc1cc(O)ccc1C(=O)N(C)Cc1ccc(N)cc1. The number of anilines is 1. The maximum atomic E-state index is 12.4. The van der Waals surface area contributed by atoms with E-state index < -0.39 is 0 Å². The van der Waals surface area contributed by atoms with Crippen LogP contribution in [0.4, 0.5) is 5.69 Å². The van der Waals surface area contributed by atoms with Gasteiger partial charge in [0.25, 0.3) is 5.91 Å². The van der Waals surface area contributed by atoms with Crippen molar-refractivity contribution in [2.24, 2.45) is 0 Å². The second-order valence-electron chi connectivity index (χ2n) is 4.90. The Morgan fingerprint density at radius 2 is 1.85 bits per heavy atom. The Kier molecular flexibility index (Phi) is 3.94. The van der Waals surface area contributed by atoms with Crippen LogP contribution in [0.25, 0.3) is 0 Å². The van der Waals surface area contributed by atoms with Crippen LogP contribution in [0, 0.1) is 6.92 Å². The number of hydrogen-bond donors (Lipinski definition) is 2. The lowest BCUT2D eigenvalue weighted by Gasteiger charge is -2.18. The molecule has 0 bridgehead atoms. The van der Waals surface area contributed by atoms with E-state index in [1.807, 2.05) is 31.2 Å². The molecule has 4 nitrogen and oxygen atoms in total. The molecule has 1 amide bonds. The number of amides is 1. The number of rotatable bonds is 3. The van der Waals surface area contributed by atoms with E-state index in [-0.39, 0.29) is 11.7 Å². The van der Waals surface area contributed by atoms with E-state index >= 15 is 0 Å². The Hall–Kier alpha value is -2.49. The highest BCUT2D eigenvalue weighted by Gasteiger charge is 2.14. The van der Waals surface area contributed by atoms with Crippen molar-refractivity contribution >= 4 is 11.6 Å². The van der Waals surface area contributed by atoms with Crippen molar-refractivity contribution < 1.29 is 9.90 Å². The molecule has 0 aliphatic rings. The second kappa shape index (κ2) is 5.65. The van der Waals surface area contributed by atoms with Gasteiger partial charge in [-0.05, 0) is 48.4 Å². The van der Waals surface area contributed by atoms with Crippen molar-refractivity contribution in [1.29, 1.82) is 0 Å². The first-order valence-electron chi connectivity index (χ1n) is 6.37. The van der Waals surface area contributed by atoms with Crippen LogP contribution < -0.4 is 5.73 Å². The molecule has 4 heteroatoms. The summed E-state index contributed by atoms with van der Waals surface area (Å²) in [6, 6.07) is 12.2. The number of phenolic OH excluding ortho intramolecular Hbond substituents is 1. The second-order valence-corrected chi connectivity index (χ2v) is 4.90. The normalized spacial score (nSPS) is 10.3. The molecule has 0 spiro atoms. The summed E-state index contributed by atoms with van der Waals surface area (Å²) in [5, 5.41) is 9.38. The summed E-state index contributed by atoms with van der Waals surface area (Å²) in [4.78, 5) is 14.0. The van der Waals surface area contributed by atoms with E-state index in [1.165, 1.54) is 6.07 Å². The van der Waals surface area contributed by atoms with Gasteiger partial charge >= 0.3 is 0 Å². The lowest BCUT2D eigenvalue weighted by molar-refractivity contribution is 0.0784. The molecule has 2 aromatic rings. The zero-order valence-electron chi connectivity index (χ0n) is 11.6. The minimum atomic E-state index is -0.0701. The van der Waals surface area contributed by atoms with E-state index in [0.717, 1.165) is 11.1 Å². The van der Waals surface area contributed by atoms with Crippen LogP contribution in [0.2, 0.25) is 0 Å². The predicted molar refractivity (Wildman–Crippen MR) is 79.5 cm³/mol. The number of phenols is 1. The molecule has 104 valence electrons. The molecule has 3 N–H and O–H groups in total. The largest absolute Gasteiger partial charge is 0.508 e. The summed E-state index contributed by atoms with van der Waals surface area (Å²) in [6.07, 6.45) is 0. The highest BCUT2D eigenvalue weighted by molar-refractivity contribution is 5.95. The predicted octanol–water partition coefficient (Wildman–Crippen LogP) is 2.56. The summed E-state index contributed by atoms with van der Waals surface area (Å²) in [6.45, 7) is 2.32. The van der Waals surface area contributed by atoms with Gasteiger partial charge in [-0.2, -0.15) is 0 Å². The van der Waals surface area contributed by atoms with E-state index in [0.29, 0.717) is 17.8 Å². The number of nitrogens with zero attached hydrogens (tertiary/aromatic N) is 1. The zero-order valence-corrected chi connectivity index (χ0v) is 11.6. The molecule has 0 radical (unpaired) electrons. The van der Waals surface area contributed by atoms with Crippen molar-refractivity contribution in [2.45, 2.75) is 13.5 Å². The third kappa shape index (κ3) is 3.09. The maximum absolute atomic E-state index is 12.4. The van der Waals surface area contributed by atoms with Crippen LogP contribution in [-0.2, 0) is 6.54 Å². The molecule has 0 fully saturated rings. The van der Waals surface area contributed by atoms with Crippen molar-refractivity contribution in [3.8, 4) is 5.75 Å². The molecule has 0 unspecified atom stereocenters. The highest BCUT2D eigenvalue weighted by Crippen LogP contribution is 2.18. The molecule has 2 aromatic carbocycles. The number of carbonyl (C=O) groups is 1. The van der Waals surface area contributed by atoms with Crippen molar-refractivity contribution in [3.63, 3.8) is 0 Å². The van der Waals surface area contributed by atoms with Crippen LogP contribution in [0.15, 0.2) is 42.5 Å². The first-order valence-corrected chi connectivity index (χ1v) is 6.37. The molecule has 2 rings (SSSR count). The van der Waals surface area contributed by atoms with Crippen molar-refractivity contribution in [3.05, 3.63) is 59.2 Å². The fourth-order valence-corrected chi connectivity index (χ4v) is 2.06. The van der Waals surface area contributed by atoms with Gasteiger partial charge in [-0.25, -0.2) is 0 Å². The summed E-state index contributed by atoms with van der Waals surface area (Å²) in [5.41, 5.74) is 8.72. The van der Waals surface area contributed by atoms with Crippen LogP contribution in [0.1, 0.15) is 21.5 Å². The third-order valence-electron chi connectivity index (χ3n) is 3.19. The van der Waals surface area contributed by atoms with Crippen LogP contribution in [0.3, 0.4) is 0 Å². The van der Waals surface area contributed by atoms with Gasteiger partial charge in [0, 0.05) is 24.8 Å². The van der Waals surface area contributed by atoms with Crippen LogP contribution in [-0.4, -0.2) is 23.0 Å². The fraction of sp³-hybridized carbons (Fsp3) is 0.188. The topological polar surface area (TPSA) is 66.6 Å². The summed E-state index contributed by atoms with van der Waals surface area (Å²) in [5.74, 6) is 0.0968. The number of carbonyl (C=O) groups excluding carboxylic acids is 1. The Morgan fingerprint density at radius 1 is 1.20 bits per heavy atom. The number of hydrogen-bond acceptors (Lipinski definition) is 3. The third-order valence-corrected chi connectivity index (χ3v) is 3.19. The van der Waals surface area contributed by atoms with Crippen molar-refractivity contribution in [2.75, 3.05) is 12.8 Å². The van der Waals surface area contributed by atoms with Gasteiger partial charge in [0.1, 0.15) is 5.75 Å². The Labute approximate surface area is 118 Å². The van der Waals surface area contributed by atoms with Crippen LogP contribution >= 0.6 is 0 Å². The molecule has 0 aromatic heterocycles. The van der Waals surface area contributed by atoms with E-state index in [4.69, 9.17) is 5.73 Å². The Balaban J connectivity index is 2.14. The monoisotopic (exact) mass is 270 g/mol. The standard InChI is InChI=1S/C16H18N2O2/c1-11-9-14(19)7-8-15(11)16(20)18(2)10-12-3-5-13(17)6-4-12/h3-9,19H,10,17H2,1-2H3. The number of nitrogens with two attached hydrogens (primary N) is 1. The summed E-state index contributed by atoms with van der Waals surface area (Å²) < 4.78 is 0. The van der Waals surface area contributed by atoms with Crippen LogP contribution in [0.5, 0.6) is 5.75 Å². The number of aromatic hydroxyl groups is 1. The molecule has 0 saturated carbocycles. The van der Waals surface area contributed by atoms with E-state index in [2.05, 4.69) is 0 Å². The molecule has 0 heterocycles. The number of nitrogen functional groups attached to an aromatic ring is 1. The molecular weight excluding hydrogens is 252 g/mol. The van der Waals surface area contributed by atoms with Gasteiger partial charge in [-0.1, -0.05) is 12.1 Å². The van der Waals surface area contributed by atoms with Gasteiger partial charge in [-0.15, -0.1) is 0 Å². The van der Waals surface area contributed by atoms with Gasteiger partial charge in [-0.3, -0.25) is 4.79 Å². The van der Waals surface area contributed by atoms with Gasteiger partial charge in [0.2, 0.25) is 0 Å². The first-order chi connectivity index (χ1) is 9.47. The quantitative estimate of drug-likeness (QED) is 0.842. The molecule has 0 atom stereocenters. The van der Waals surface area contributed by atoms with Gasteiger partial charge in [0.15, 0.2) is 0 Å². The first kappa shape index (κ1) is 13.9. The van der Waals surface area contributed by atoms with E-state index in [1.54, 1.807) is 24.1 Å². The molecular formula is C16H18N2O2. The van der Waals surface area contributed by atoms with Gasteiger partial charge in [0.05, 0.1) is 0 Å². The van der Waals surface area contributed by atoms with E-state index in [9.17, 15) is 9.90 Å². The molecule has 20 heavy (non-hydrogen) atoms. The van der Waals surface area contributed by atoms with Gasteiger partial charge < -0.3 is 15.7 Å². The molecule has 0 aliphatic heterocycles. The highest BCUT2D eigenvalue weighted by atomic mass is 16.3. The molecule has 0 saturated heterocycles. The van der Waals surface area contributed by atoms with Crippen molar-refractivity contribution in [1.82, 2.24) is 4.90 Å². The average Bonchev–Trinajstić information content (AvgIpc) is 2.40. The minimum absolute atomic E-state index is 0.0701. The number of aryl methyl sites for hydroxylation is 1. The lowest BCUT2D eigenvalue weighted by Crippen LogP contribution is -2.26. The maximum Gasteiger partial charge on any atom is 0.254 e. The smallest absolute Gasteiger partial charge is 0.254 e. The zero-order chi connectivity index (χ0) is 14.7.